The molecule has 20 heavy (non-hydrogen) atoms. The van der Waals surface area contributed by atoms with Crippen LogP contribution < -0.4 is 10.1 Å². The van der Waals surface area contributed by atoms with Crippen LogP contribution >= 0.6 is 15.9 Å². The van der Waals surface area contributed by atoms with Crippen molar-refractivity contribution < 1.29 is 9.53 Å². The second-order valence-electron chi connectivity index (χ2n) is 4.52. The highest BCUT2D eigenvalue weighted by atomic mass is 79.9. The van der Waals surface area contributed by atoms with Gasteiger partial charge in [0.25, 0.3) is 5.91 Å². The van der Waals surface area contributed by atoms with E-state index in [4.69, 9.17) is 4.74 Å². The minimum Gasteiger partial charge on any atom is -0.482 e. The van der Waals surface area contributed by atoms with E-state index in [9.17, 15) is 4.79 Å². The van der Waals surface area contributed by atoms with Crippen LogP contribution in [-0.4, -0.2) is 11.4 Å². The third-order valence-corrected chi connectivity index (χ3v) is 3.20. The number of carbonyl (C=O) groups is 1. The molecular weight excluding hydrogens is 318 g/mol. The summed E-state index contributed by atoms with van der Waals surface area (Å²) >= 11 is 3.20. The zero-order valence-corrected chi connectivity index (χ0v) is 13.0. The lowest BCUT2D eigenvalue weighted by atomic mass is 10.1. The number of amides is 1. The van der Waals surface area contributed by atoms with Crippen LogP contribution in [0, 0.1) is 13.8 Å². The van der Waals surface area contributed by atoms with E-state index in [2.05, 4.69) is 21.2 Å². The molecule has 0 unspecified atom stereocenters. The van der Waals surface area contributed by atoms with Gasteiger partial charge in [0, 0.05) is 5.69 Å². The number of benzene rings is 2. The van der Waals surface area contributed by atoms with Crippen LogP contribution in [0.25, 0.3) is 0 Å². The van der Waals surface area contributed by atoms with Crippen molar-refractivity contribution >= 4 is 27.5 Å². The van der Waals surface area contributed by atoms with Crippen LogP contribution in [0.3, 0.4) is 0 Å². The lowest BCUT2D eigenvalue weighted by Crippen LogP contribution is -2.14. The molecule has 3 nitrogen and oxygen atoms in total. The Morgan fingerprint density at radius 1 is 1.20 bits per heavy atom. The summed E-state index contributed by atoms with van der Waals surface area (Å²) in [5.74, 6) is 0.389. The van der Waals surface area contributed by atoms with Crippen LogP contribution in [0.15, 0.2) is 42.5 Å². The Kier molecular flexibility index (Phi) is 4.79. The largest absolute Gasteiger partial charge is 0.482 e. The predicted molar refractivity (Wildman–Crippen MR) is 84.7 cm³/mol. The molecular formula is C16H16BrNO2. The Labute approximate surface area is 127 Å². The first-order valence-corrected chi connectivity index (χ1v) is 7.40. The van der Waals surface area contributed by atoms with Gasteiger partial charge in [-0.05, 0) is 53.5 Å². The molecule has 2 aromatic rings. The fourth-order valence-electron chi connectivity index (χ4n) is 1.98. The number of ether oxygens (including phenoxy) is 1. The summed E-state index contributed by atoms with van der Waals surface area (Å²) in [5.41, 5.74) is 3.89. The number of carbonyl (C=O) groups excluding carboxylic acids is 1. The van der Waals surface area contributed by atoms with Gasteiger partial charge in [-0.15, -0.1) is 0 Å². The van der Waals surface area contributed by atoms with E-state index in [0.717, 1.165) is 11.3 Å². The molecule has 0 bridgehead atoms. The molecule has 2 rings (SSSR count). The third kappa shape index (κ3) is 3.39. The molecule has 4 heteroatoms. The maximum absolute atomic E-state index is 12.3. The topological polar surface area (TPSA) is 38.3 Å². The van der Waals surface area contributed by atoms with Crippen molar-refractivity contribution in [1.29, 1.82) is 0 Å². The fraction of sp³-hybridized carbons (Fsp3) is 0.188. The van der Waals surface area contributed by atoms with Gasteiger partial charge in [-0.2, -0.15) is 0 Å². The van der Waals surface area contributed by atoms with Crippen LogP contribution in [0.5, 0.6) is 5.75 Å². The van der Waals surface area contributed by atoms with E-state index in [1.54, 1.807) is 12.1 Å². The van der Waals surface area contributed by atoms with Crippen molar-refractivity contribution in [2.75, 3.05) is 10.8 Å². The van der Waals surface area contributed by atoms with Crippen LogP contribution in [0.2, 0.25) is 0 Å². The first-order chi connectivity index (χ1) is 9.61. The van der Waals surface area contributed by atoms with Crippen molar-refractivity contribution in [1.82, 2.24) is 0 Å². The summed E-state index contributed by atoms with van der Waals surface area (Å²) in [6.07, 6.45) is 0. The van der Waals surface area contributed by atoms with Crippen LogP contribution in [0.4, 0.5) is 5.69 Å². The number of para-hydroxylation sites is 1. The van der Waals surface area contributed by atoms with E-state index < -0.39 is 0 Å². The standard InChI is InChI=1S/C16H16BrNO2/c1-11-7-8-14(12(2)9-11)18-16(19)13-5-3-4-6-15(13)20-10-17/h3-9H,10H2,1-2H3,(H,18,19). The Hall–Kier alpha value is -1.81. The number of nitrogens with one attached hydrogen (secondary N) is 1. The molecule has 0 heterocycles. The fourth-order valence-corrected chi connectivity index (χ4v) is 2.23. The quantitative estimate of drug-likeness (QED) is 0.847. The number of anilines is 1. The number of aryl methyl sites for hydroxylation is 2. The SMILES string of the molecule is Cc1ccc(NC(=O)c2ccccc2OCBr)c(C)c1. The molecule has 0 aliphatic rings. The Morgan fingerprint density at radius 3 is 2.65 bits per heavy atom. The molecule has 0 radical (unpaired) electrons. The minimum atomic E-state index is -0.173. The summed E-state index contributed by atoms with van der Waals surface area (Å²) in [6, 6.07) is 13.1. The van der Waals surface area contributed by atoms with Gasteiger partial charge >= 0.3 is 0 Å². The number of hydrogen-bond acceptors (Lipinski definition) is 2. The summed E-state index contributed by atoms with van der Waals surface area (Å²) < 4.78 is 5.40. The predicted octanol–water partition coefficient (Wildman–Crippen LogP) is 4.29. The maximum Gasteiger partial charge on any atom is 0.259 e. The molecule has 0 atom stereocenters. The van der Waals surface area contributed by atoms with E-state index >= 15 is 0 Å². The molecule has 1 N–H and O–H groups in total. The van der Waals surface area contributed by atoms with Gasteiger partial charge < -0.3 is 10.1 Å². The molecule has 0 aliphatic heterocycles. The summed E-state index contributed by atoms with van der Waals surface area (Å²) in [5, 5.41) is 2.92. The van der Waals surface area contributed by atoms with Gasteiger partial charge in [0.15, 0.2) is 0 Å². The lowest BCUT2D eigenvalue weighted by molar-refractivity contribution is 0.102. The average molecular weight is 334 g/mol. The van der Waals surface area contributed by atoms with Gasteiger partial charge in [-0.3, -0.25) is 4.79 Å². The van der Waals surface area contributed by atoms with Crippen molar-refractivity contribution in [2.45, 2.75) is 13.8 Å². The first kappa shape index (κ1) is 14.6. The Morgan fingerprint density at radius 2 is 1.95 bits per heavy atom. The highest BCUT2D eigenvalue weighted by molar-refractivity contribution is 9.09. The summed E-state index contributed by atoms with van der Waals surface area (Å²) in [6.45, 7) is 4.00. The highest BCUT2D eigenvalue weighted by Gasteiger charge is 2.12. The summed E-state index contributed by atoms with van der Waals surface area (Å²) in [4.78, 5) is 12.3. The minimum absolute atomic E-state index is 0.173. The number of halogens is 1. The third-order valence-electron chi connectivity index (χ3n) is 2.97. The smallest absolute Gasteiger partial charge is 0.259 e. The van der Waals surface area contributed by atoms with Crippen LogP contribution in [0.1, 0.15) is 21.5 Å². The molecule has 2 aromatic carbocycles. The normalized spacial score (nSPS) is 10.2. The molecule has 0 spiro atoms. The first-order valence-electron chi connectivity index (χ1n) is 6.28. The van der Waals surface area contributed by atoms with E-state index in [1.807, 2.05) is 44.2 Å². The number of hydrogen-bond donors (Lipinski definition) is 1. The second-order valence-corrected chi connectivity index (χ2v) is 4.98. The number of alkyl halides is 1. The highest BCUT2D eigenvalue weighted by Crippen LogP contribution is 2.22. The molecule has 104 valence electrons. The molecule has 0 aliphatic carbocycles. The van der Waals surface area contributed by atoms with Crippen molar-refractivity contribution in [3.05, 3.63) is 59.2 Å². The molecule has 0 fully saturated rings. The van der Waals surface area contributed by atoms with Gasteiger partial charge in [0.1, 0.15) is 11.3 Å². The molecule has 0 saturated heterocycles. The van der Waals surface area contributed by atoms with Gasteiger partial charge in [0.2, 0.25) is 0 Å². The maximum atomic E-state index is 12.3. The van der Waals surface area contributed by atoms with E-state index in [1.165, 1.54) is 5.56 Å². The summed E-state index contributed by atoms with van der Waals surface area (Å²) in [7, 11) is 0. The average Bonchev–Trinajstić information content (AvgIpc) is 2.43. The Bertz CT molecular complexity index is 626. The second kappa shape index (κ2) is 6.57. The van der Waals surface area contributed by atoms with Crippen LogP contribution in [-0.2, 0) is 0 Å². The Balaban J connectivity index is 2.24. The van der Waals surface area contributed by atoms with E-state index in [0.29, 0.717) is 16.8 Å². The number of rotatable bonds is 4. The molecule has 0 saturated carbocycles. The van der Waals surface area contributed by atoms with Gasteiger partial charge in [0.05, 0.1) is 5.56 Å². The van der Waals surface area contributed by atoms with Gasteiger partial charge in [-0.25, -0.2) is 0 Å². The van der Waals surface area contributed by atoms with E-state index in [-0.39, 0.29) is 5.91 Å². The zero-order chi connectivity index (χ0) is 14.5. The van der Waals surface area contributed by atoms with Crippen molar-refractivity contribution in [3.63, 3.8) is 0 Å². The molecule has 0 aromatic heterocycles. The van der Waals surface area contributed by atoms with Gasteiger partial charge in [-0.1, -0.05) is 29.8 Å². The van der Waals surface area contributed by atoms with Crippen molar-refractivity contribution in [2.24, 2.45) is 0 Å². The monoisotopic (exact) mass is 333 g/mol. The molecule has 1 amide bonds. The zero-order valence-electron chi connectivity index (χ0n) is 11.4. The lowest BCUT2D eigenvalue weighted by Gasteiger charge is -2.12. The van der Waals surface area contributed by atoms with Crippen molar-refractivity contribution in [3.8, 4) is 5.75 Å².